The van der Waals surface area contributed by atoms with E-state index in [1.165, 1.54) is 4.70 Å². The van der Waals surface area contributed by atoms with Crippen LogP contribution in [0.25, 0.3) is 10.2 Å². The third-order valence-corrected chi connectivity index (χ3v) is 3.90. The average Bonchev–Trinajstić information content (AvgIpc) is 2.80. The molecule has 0 aliphatic heterocycles. The number of aromatic nitrogens is 1. The molecule has 2 N–H and O–H groups in total. The van der Waals surface area contributed by atoms with Crippen LogP contribution in [0.5, 0.6) is 5.75 Å². The number of hydrogen-bond acceptors (Lipinski definition) is 4. The predicted octanol–water partition coefficient (Wildman–Crippen LogP) is 3.77. The minimum absolute atomic E-state index is 0.490. The van der Waals surface area contributed by atoms with Crippen molar-refractivity contribution in [3.05, 3.63) is 53.0 Å². The summed E-state index contributed by atoms with van der Waals surface area (Å²) in [5, 5.41) is 0.984. The zero-order valence-electron chi connectivity index (χ0n) is 10.6. The molecular weight excluding hydrogens is 256 g/mol. The van der Waals surface area contributed by atoms with Crippen LogP contribution >= 0.6 is 11.3 Å². The van der Waals surface area contributed by atoms with Crippen molar-refractivity contribution >= 4 is 27.2 Å². The summed E-state index contributed by atoms with van der Waals surface area (Å²) in [5.41, 5.74) is 8.54. The zero-order chi connectivity index (χ0) is 13.2. The molecule has 0 bridgehead atoms. The summed E-state index contributed by atoms with van der Waals surface area (Å²) in [6.07, 6.45) is 0. The summed E-state index contributed by atoms with van der Waals surface area (Å²) in [6.45, 7) is 2.48. The molecule has 0 spiro atoms. The highest BCUT2D eigenvalue weighted by Crippen LogP contribution is 2.25. The number of aryl methyl sites for hydroxylation is 1. The van der Waals surface area contributed by atoms with E-state index in [1.54, 1.807) is 11.3 Å². The number of hydrogen-bond donors (Lipinski definition) is 1. The summed E-state index contributed by atoms with van der Waals surface area (Å²) < 4.78 is 6.99. The number of thiazole rings is 1. The van der Waals surface area contributed by atoms with E-state index in [1.807, 2.05) is 43.3 Å². The summed E-state index contributed by atoms with van der Waals surface area (Å²) in [6, 6.07) is 13.8. The molecule has 1 aromatic heterocycles. The molecule has 0 saturated carbocycles. The minimum Gasteiger partial charge on any atom is -0.486 e. The Morgan fingerprint density at radius 1 is 1.21 bits per heavy atom. The Labute approximate surface area is 115 Å². The van der Waals surface area contributed by atoms with Crippen molar-refractivity contribution < 1.29 is 4.74 Å². The van der Waals surface area contributed by atoms with Crippen LogP contribution in [0.2, 0.25) is 0 Å². The van der Waals surface area contributed by atoms with Crippen molar-refractivity contribution in [3.63, 3.8) is 0 Å². The molecule has 3 aromatic rings. The second kappa shape index (κ2) is 4.90. The largest absolute Gasteiger partial charge is 0.486 e. The maximum absolute atomic E-state index is 5.80. The number of fused-ring (bicyclic) bond motifs is 1. The van der Waals surface area contributed by atoms with Crippen LogP contribution in [0.1, 0.15) is 10.6 Å². The smallest absolute Gasteiger partial charge is 0.140 e. The monoisotopic (exact) mass is 270 g/mol. The van der Waals surface area contributed by atoms with Gasteiger partial charge in [0.05, 0.1) is 10.2 Å². The first-order chi connectivity index (χ1) is 9.22. The Balaban J connectivity index is 1.78. The third kappa shape index (κ3) is 2.53. The number of nitrogens with two attached hydrogens (primary N) is 1. The fourth-order valence-corrected chi connectivity index (χ4v) is 2.84. The fourth-order valence-electron chi connectivity index (χ4n) is 1.96. The predicted molar refractivity (Wildman–Crippen MR) is 79.5 cm³/mol. The molecule has 4 heteroatoms. The van der Waals surface area contributed by atoms with Gasteiger partial charge in [0.25, 0.3) is 0 Å². The molecule has 3 nitrogen and oxygen atoms in total. The van der Waals surface area contributed by atoms with Crippen LogP contribution in [0.3, 0.4) is 0 Å². The first-order valence-electron chi connectivity index (χ1n) is 6.06. The maximum atomic E-state index is 5.80. The van der Waals surface area contributed by atoms with Gasteiger partial charge in [-0.2, -0.15) is 0 Å². The molecule has 3 rings (SSSR count). The van der Waals surface area contributed by atoms with Gasteiger partial charge in [-0.15, -0.1) is 11.3 Å². The van der Waals surface area contributed by atoms with E-state index in [0.29, 0.717) is 6.61 Å². The number of ether oxygens (including phenoxy) is 1. The molecule has 1 heterocycles. The van der Waals surface area contributed by atoms with Gasteiger partial charge in [0.2, 0.25) is 0 Å². The third-order valence-electron chi connectivity index (χ3n) is 2.89. The molecule has 0 radical (unpaired) electrons. The molecule has 96 valence electrons. The van der Waals surface area contributed by atoms with Gasteiger partial charge in [-0.3, -0.25) is 0 Å². The Morgan fingerprint density at radius 2 is 2.05 bits per heavy atom. The quantitative estimate of drug-likeness (QED) is 0.737. The summed E-state index contributed by atoms with van der Waals surface area (Å²) >= 11 is 1.66. The van der Waals surface area contributed by atoms with Gasteiger partial charge in [-0.05, 0) is 42.8 Å². The van der Waals surface area contributed by atoms with Gasteiger partial charge in [-0.1, -0.05) is 12.1 Å². The molecular formula is C15H14N2OS. The lowest BCUT2D eigenvalue weighted by atomic mass is 10.2. The first-order valence-corrected chi connectivity index (χ1v) is 6.87. The molecule has 0 atom stereocenters. The fraction of sp³-hybridized carbons (Fsp3) is 0.133. The number of benzene rings is 2. The summed E-state index contributed by atoms with van der Waals surface area (Å²) in [5.74, 6) is 0.855. The standard InChI is InChI=1S/C15H14N2OS/c1-10-8-11(16)6-7-13(10)18-9-15-17-12-4-2-3-5-14(12)19-15/h2-8H,9,16H2,1H3. The minimum atomic E-state index is 0.490. The van der Waals surface area contributed by atoms with E-state index in [0.717, 1.165) is 27.5 Å². The lowest BCUT2D eigenvalue weighted by Gasteiger charge is -2.07. The molecule has 0 saturated heterocycles. The second-order valence-corrected chi connectivity index (χ2v) is 5.50. The highest BCUT2D eigenvalue weighted by molar-refractivity contribution is 7.18. The second-order valence-electron chi connectivity index (χ2n) is 4.39. The van der Waals surface area contributed by atoms with E-state index in [9.17, 15) is 0 Å². The summed E-state index contributed by atoms with van der Waals surface area (Å²) in [4.78, 5) is 4.54. The lowest BCUT2D eigenvalue weighted by Crippen LogP contribution is -1.97. The van der Waals surface area contributed by atoms with Crippen LogP contribution in [-0.4, -0.2) is 4.98 Å². The molecule has 0 aliphatic rings. The van der Waals surface area contributed by atoms with Crippen molar-refractivity contribution in [3.8, 4) is 5.75 Å². The van der Waals surface area contributed by atoms with Crippen molar-refractivity contribution in [1.82, 2.24) is 4.98 Å². The molecule has 2 aromatic carbocycles. The highest BCUT2D eigenvalue weighted by atomic mass is 32.1. The van der Waals surface area contributed by atoms with Crippen LogP contribution < -0.4 is 10.5 Å². The van der Waals surface area contributed by atoms with Crippen molar-refractivity contribution in [1.29, 1.82) is 0 Å². The zero-order valence-corrected chi connectivity index (χ0v) is 11.4. The molecule has 0 aliphatic carbocycles. The lowest BCUT2D eigenvalue weighted by molar-refractivity contribution is 0.304. The van der Waals surface area contributed by atoms with E-state index < -0.39 is 0 Å². The topological polar surface area (TPSA) is 48.1 Å². The van der Waals surface area contributed by atoms with E-state index in [2.05, 4.69) is 11.1 Å². The molecule has 0 unspecified atom stereocenters. The van der Waals surface area contributed by atoms with Gasteiger partial charge >= 0.3 is 0 Å². The Morgan fingerprint density at radius 3 is 2.84 bits per heavy atom. The van der Waals surface area contributed by atoms with E-state index in [-0.39, 0.29) is 0 Å². The van der Waals surface area contributed by atoms with E-state index >= 15 is 0 Å². The van der Waals surface area contributed by atoms with Gasteiger partial charge in [0.1, 0.15) is 17.4 Å². The SMILES string of the molecule is Cc1cc(N)ccc1OCc1nc2ccccc2s1. The Bertz CT molecular complexity index is 688. The normalized spacial score (nSPS) is 10.8. The number of para-hydroxylation sites is 1. The van der Waals surface area contributed by atoms with Crippen LogP contribution in [0.4, 0.5) is 5.69 Å². The number of nitrogen functional groups attached to an aromatic ring is 1. The number of nitrogens with zero attached hydrogens (tertiary/aromatic N) is 1. The molecule has 0 fully saturated rings. The van der Waals surface area contributed by atoms with Gasteiger partial charge in [-0.25, -0.2) is 4.98 Å². The Kier molecular flexibility index (Phi) is 3.09. The van der Waals surface area contributed by atoms with Gasteiger partial charge in [0.15, 0.2) is 0 Å². The average molecular weight is 270 g/mol. The number of rotatable bonds is 3. The van der Waals surface area contributed by atoms with Crippen molar-refractivity contribution in [2.24, 2.45) is 0 Å². The van der Waals surface area contributed by atoms with Crippen LogP contribution in [0, 0.1) is 6.92 Å². The van der Waals surface area contributed by atoms with Crippen LogP contribution in [-0.2, 0) is 6.61 Å². The van der Waals surface area contributed by atoms with Crippen LogP contribution in [0.15, 0.2) is 42.5 Å². The maximum Gasteiger partial charge on any atom is 0.140 e. The first kappa shape index (κ1) is 12.0. The summed E-state index contributed by atoms with van der Waals surface area (Å²) in [7, 11) is 0. The number of anilines is 1. The molecule has 19 heavy (non-hydrogen) atoms. The Hall–Kier alpha value is -2.07. The van der Waals surface area contributed by atoms with Gasteiger partial charge in [0, 0.05) is 5.69 Å². The van der Waals surface area contributed by atoms with Crippen molar-refractivity contribution in [2.75, 3.05) is 5.73 Å². The van der Waals surface area contributed by atoms with Gasteiger partial charge < -0.3 is 10.5 Å². The highest BCUT2D eigenvalue weighted by Gasteiger charge is 2.05. The van der Waals surface area contributed by atoms with E-state index in [4.69, 9.17) is 10.5 Å². The molecule has 0 amide bonds. The van der Waals surface area contributed by atoms with Crippen molar-refractivity contribution in [2.45, 2.75) is 13.5 Å².